The van der Waals surface area contributed by atoms with Crippen molar-refractivity contribution in [3.05, 3.63) is 48.6 Å². The molecule has 75 valence electrons. The molecule has 1 rings (SSSR count). The Labute approximate surface area is 87.7 Å². The molecule has 0 nitrogen and oxygen atoms in total. The van der Waals surface area contributed by atoms with Gasteiger partial charge in [-0.05, 0) is 38.2 Å². The lowest BCUT2D eigenvalue weighted by Crippen LogP contribution is -1.75. The van der Waals surface area contributed by atoms with Gasteiger partial charge in [-0.2, -0.15) is 0 Å². The van der Waals surface area contributed by atoms with Gasteiger partial charge in [0.2, 0.25) is 0 Å². The summed E-state index contributed by atoms with van der Waals surface area (Å²) in [7, 11) is 0. The van der Waals surface area contributed by atoms with Crippen molar-refractivity contribution < 1.29 is 0 Å². The average molecular weight is 187 g/mol. The van der Waals surface area contributed by atoms with Crippen LogP contribution in [0.3, 0.4) is 0 Å². The number of hydrogen-bond donors (Lipinski definition) is 0. The third-order valence-corrected chi connectivity index (χ3v) is 2.21. The highest BCUT2D eigenvalue weighted by atomic mass is 13.9. The number of rotatable bonds is 0. The van der Waals surface area contributed by atoms with Crippen LogP contribution in [0.25, 0.3) is 0 Å². The lowest BCUT2D eigenvalue weighted by atomic mass is 10.1. The summed E-state index contributed by atoms with van der Waals surface area (Å²) >= 11 is 0. The number of allylic oxidation sites excluding steroid dienone is 8. The van der Waals surface area contributed by atoms with Gasteiger partial charge in [-0.25, -0.2) is 0 Å². The molecule has 0 spiro atoms. The zero-order valence-electron chi connectivity index (χ0n) is 8.78. The molecule has 0 aromatic heterocycles. The predicted molar refractivity (Wildman–Crippen MR) is 62.9 cm³/mol. The third-order valence-electron chi connectivity index (χ3n) is 2.21. The molecule has 0 heterocycles. The van der Waals surface area contributed by atoms with Crippen LogP contribution in [0, 0.1) is 6.08 Å². The van der Waals surface area contributed by atoms with Crippen molar-refractivity contribution in [2.45, 2.75) is 38.5 Å². The van der Waals surface area contributed by atoms with Crippen molar-refractivity contribution in [1.82, 2.24) is 0 Å². The van der Waals surface area contributed by atoms with Crippen LogP contribution in [0.1, 0.15) is 38.5 Å². The molecule has 0 N–H and O–H groups in total. The zero-order chi connectivity index (χ0) is 9.90. The van der Waals surface area contributed by atoms with E-state index in [1.165, 1.54) is 32.1 Å². The van der Waals surface area contributed by atoms with E-state index in [0.29, 0.717) is 0 Å². The van der Waals surface area contributed by atoms with Crippen molar-refractivity contribution in [3.8, 4) is 0 Å². The van der Waals surface area contributed by atoms with E-state index < -0.39 is 0 Å². The first-order valence-corrected chi connectivity index (χ1v) is 5.54. The van der Waals surface area contributed by atoms with Crippen molar-refractivity contribution in [3.63, 3.8) is 0 Å². The molecule has 0 fully saturated rings. The Kier molecular flexibility index (Phi) is 6.74. The molecule has 1 radical (unpaired) electrons. The van der Waals surface area contributed by atoms with Crippen LogP contribution in [0.4, 0.5) is 0 Å². The van der Waals surface area contributed by atoms with E-state index in [1.807, 2.05) is 6.08 Å². The van der Waals surface area contributed by atoms with Gasteiger partial charge in [0.05, 0.1) is 0 Å². The normalized spacial score (nSPS) is 28.6. The maximum Gasteiger partial charge on any atom is -0.0157 e. The maximum atomic E-state index is 3.16. The van der Waals surface area contributed by atoms with E-state index in [9.17, 15) is 0 Å². The van der Waals surface area contributed by atoms with Gasteiger partial charge < -0.3 is 0 Å². The minimum atomic E-state index is 0.981. The Hall–Kier alpha value is -1.04. The fourth-order valence-electron chi connectivity index (χ4n) is 1.39. The molecule has 0 aliphatic heterocycles. The Balaban J connectivity index is 2.35. The summed E-state index contributed by atoms with van der Waals surface area (Å²) in [6.45, 7) is 0. The van der Waals surface area contributed by atoms with E-state index in [0.717, 1.165) is 6.42 Å². The molecule has 0 saturated carbocycles. The van der Waals surface area contributed by atoms with Gasteiger partial charge in [0.15, 0.2) is 0 Å². The summed E-state index contributed by atoms with van der Waals surface area (Å²) < 4.78 is 0. The summed E-state index contributed by atoms with van der Waals surface area (Å²) in [4.78, 5) is 0. The molecule has 0 aromatic rings. The molecule has 0 saturated heterocycles. The first-order chi connectivity index (χ1) is 7.00. The standard InChI is InChI=1S/C14H19/c1-2-4-6-8-10-12-14-13-11-9-7-5-3-1/h1-4,7,11,13H,5-6,8,10,12,14H2/b3-1-,4-2+,9-7?,13-11+. The minimum absolute atomic E-state index is 0.981. The summed E-state index contributed by atoms with van der Waals surface area (Å²) in [5.74, 6) is 0. The molecular formula is C14H19. The second kappa shape index (κ2) is 8.55. The van der Waals surface area contributed by atoms with Crippen molar-refractivity contribution >= 4 is 0 Å². The Morgan fingerprint density at radius 1 is 0.786 bits per heavy atom. The quantitative estimate of drug-likeness (QED) is 0.528. The Morgan fingerprint density at radius 2 is 1.57 bits per heavy atom. The van der Waals surface area contributed by atoms with Gasteiger partial charge in [-0.1, -0.05) is 49.0 Å². The van der Waals surface area contributed by atoms with Crippen LogP contribution >= 0.6 is 0 Å². The smallest absolute Gasteiger partial charge is 0.0157 e. The molecule has 1 aliphatic rings. The summed E-state index contributed by atoms with van der Waals surface area (Å²) in [5.41, 5.74) is 0. The zero-order valence-corrected chi connectivity index (χ0v) is 8.78. The monoisotopic (exact) mass is 187 g/mol. The first kappa shape index (κ1) is 11.0. The Morgan fingerprint density at radius 3 is 2.50 bits per heavy atom. The lowest BCUT2D eigenvalue weighted by Gasteiger charge is -1.94. The van der Waals surface area contributed by atoms with Gasteiger partial charge in [-0.3, -0.25) is 0 Å². The predicted octanol–water partition coefficient (Wildman–Crippen LogP) is 4.37. The molecule has 14 heavy (non-hydrogen) atoms. The Bertz CT molecular complexity index is 204. The van der Waals surface area contributed by atoms with Crippen LogP contribution in [0.2, 0.25) is 0 Å². The van der Waals surface area contributed by atoms with Gasteiger partial charge in [0, 0.05) is 0 Å². The van der Waals surface area contributed by atoms with Crippen LogP contribution in [-0.2, 0) is 0 Å². The molecule has 0 atom stereocenters. The molecule has 1 aliphatic carbocycles. The number of hydrogen-bond acceptors (Lipinski definition) is 0. The molecule has 0 amide bonds. The highest BCUT2D eigenvalue weighted by molar-refractivity contribution is 5.05. The highest BCUT2D eigenvalue weighted by Gasteiger charge is 1.85. The largest absolute Gasteiger partial charge is 0.0845 e. The molecule has 0 aromatic carbocycles. The fraction of sp³-hybridized carbons (Fsp3) is 0.429. The van der Waals surface area contributed by atoms with Gasteiger partial charge >= 0.3 is 0 Å². The highest BCUT2D eigenvalue weighted by Crippen LogP contribution is 2.04. The van der Waals surface area contributed by atoms with Crippen LogP contribution in [0.15, 0.2) is 42.5 Å². The van der Waals surface area contributed by atoms with Crippen LogP contribution < -0.4 is 0 Å². The molecule has 0 bridgehead atoms. The van der Waals surface area contributed by atoms with E-state index in [4.69, 9.17) is 0 Å². The summed E-state index contributed by atoms with van der Waals surface area (Å²) in [6.07, 6.45) is 25.5. The maximum absolute atomic E-state index is 3.16. The van der Waals surface area contributed by atoms with Gasteiger partial charge in [0.1, 0.15) is 0 Å². The topological polar surface area (TPSA) is 0 Å². The van der Waals surface area contributed by atoms with Crippen LogP contribution in [-0.4, -0.2) is 0 Å². The summed E-state index contributed by atoms with van der Waals surface area (Å²) in [6, 6.07) is 0. The lowest BCUT2D eigenvalue weighted by molar-refractivity contribution is 0.696. The molecule has 0 heteroatoms. The van der Waals surface area contributed by atoms with Gasteiger partial charge in [0.25, 0.3) is 0 Å². The molecule has 0 unspecified atom stereocenters. The van der Waals surface area contributed by atoms with E-state index >= 15 is 0 Å². The fourth-order valence-corrected chi connectivity index (χ4v) is 1.39. The van der Waals surface area contributed by atoms with Crippen LogP contribution in [0.5, 0.6) is 0 Å². The minimum Gasteiger partial charge on any atom is -0.0845 e. The van der Waals surface area contributed by atoms with Crippen molar-refractivity contribution in [2.75, 3.05) is 0 Å². The van der Waals surface area contributed by atoms with E-state index in [1.54, 1.807) is 0 Å². The van der Waals surface area contributed by atoms with E-state index in [2.05, 4.69) is 42.5 Å². The first-order valence-electron chi connectivity index (χ1n) is 5.54. The second-order valence-corrected chi connectivity index (χ2v) is 3.50. The second-order valence-electron chi connectivity index (χ2n) is 3.50. The SMILES string of the molecule is [C]1=C/C/C=C\C=C\CCCCC/C=C/1. The summed E-state index contributed by atoms with van der Waals surface area (Å²) in [5, 5.41) is 0. The van der Waals surface area contributed by atoms with E-state index in [-0.39, 0.29) is 0 Å². The van der Waals surface area contributed by atoms with Crippen molar-refractivity contribution in [1.29, 1.82) is 0 Å². The third kappa shape index (κ3) is 6.47. The average Bonchev–Trinajstić information content (AvgIpc) is 2.22. The van der Waals surface area contributed by atoms with Gasteiger partial charge in [-0.15, -0.1) is 0 Å². The van der Waals surface area contributed by atoms with Crippen molar-refractivity contribution in [2.24, 2.45) is 0 Å². The molecular weight excluding hydrogens is 168 g/mol.